The molecule has 1 aromatic carbocycles. The van der Waals surface area contributed by atoms with E-state index in [1.807, 2.05) is 0 Å². The van der Waals surface area contributed by atoms with Crippen molar-refractivity contribution in [3.63, 3.8) is 0 Å². The molecule has 0 heterocycles. The Balaban J connectivity index is 1.79. The minimum atomic E-state index is -1.50. The first-order chi connectivity index (χ1) is 10.9. The van der Waals surface area contributed by atoms with Crippen LogP contribution in [0.4, 0.5) is 0 Å². The predicted octanol–water partition coefficient (Wildman–Crippen LogP) is 5.21. The average Bonchev–Trinajstić information content (AvgIpc) is 2.84. The number of rotatable bonds is 5. The van der Waals surface area contributed by atoms with E-state index >= 15 is 0 Å². The average molecular weight is 346 g/mol. The van der Waals surface area contributed by atoms with Gasteiger partial charge < -0.3 is 4.43 Å². The Morgan fingerprint density at radius 2 is 1.83 bits per heavy atom. The molecule has 3 rings (SSSR count). The first kappa shape index (κ1) is 17.4. The van der Waals surface area contributed by atoms with Crippen molar-refractivity contribution in [2.45, 2.75) is 76.4 Å². The highest BCUT2D eigenvalue weighted by Gasteiger charge is 2.53. The largest absolute Gasteiger partial charge is 0.412 e. The molecule has 2 fully saturated rings. The Hall–Kier alpha value is -0.386. The van der Waals surface area contributed by atoms with Gasteiger partial charge in [0.25, 0.3) is 0 Å². The van der Waals surface area contributed by atoms with Gasteiger partial charge in [0, 0.05) is 0 Å². The zero-order valence-corrected chi connectivity index (χ0v) is 17.4. The van der Waals surface area contributed by atoms with E-state index in [1.54, 1.807) is 5.19 Å². The first-order valence-electron chi connectivity index (χ1n) is 9.49. The molecule has 127 valence electrons. The van der Waals surface area contributed by atoms with E-state index in [4.69, 9.17) is 4.43 Å². The zero-order valence-electron chi connectivity index (χ0n) is 15.4. The van der Waals surface area contributed by atoms with Gasteiger partial charge >= 0.3 is 0 Å². The molecule has 2 aliphatic rings. The summed E-state index contributed by atoms with van der Waals surface area (Å²) in [5, 5.41) is 1.60. The van der Waals surface area contributed by atoms with Crippen molar-refractivity contribution in [3.8, 4) is 0 Å². The van der Waals surface area contributed by atoms with Gasteiger partial charge in [-0.3, -0.25) is 0 Å². The maximum atomic E-state index is 6.99. The lowest BCUT2D eigenvalue weighted by atomic mass is 9.74. The highest BCUT2D eigenvalue weighted by Crippen LogP contribution is 2.54. The van der Waals surface area contributed by atoms with Crippen LogP contribution in [-0.2, 0) is 4.43 Å². The summed E-state index contributed by atoms with van der Waals surface area (Å²) in [4.78, 5) is 0. The van der Waals surface area contributed by atoms with Crippen molar-refractivity contribution in [3.05, 3.63) is 30.3 Å². The molecule has 0 amide bonds. The molecule has 0 spiro atoms. The minimum absolute atomic E-state index is 0.240. The highest BCUT2D eigenvalue weighted by atomic mass is 28.4. The van der Waals surface area contributed by atoms with Crippen LogP contribution in [-0.4, -0.2) is 22.7 Å². The summed E-state index contributed by atoms with van der Waals surface area (Å²) in [6, 6.07) is 12.6. The monoisotopic (exact) mass is 345 g/mol. The van der Waals surface area contributed by atoms with Gasteiger partial charge in [0.15, 0.2) is 8.32 Å². The zero-order chi connectivity index (χ0) is 16.5. The fourth-order valence-corrected chi connectivity index (χ4v) is 8.95. The molecule has 1 nitrogen and oxygen atoms in total. The maximum absolute atomic E-state index is 6.99. The van der Waals surface area contributed by atoms with E-state index in [-0.39, 0.29) is 5.60 Å². The van der Waals surface area contributed by atoms with Gasteiger partial charge in [-0.05, 0) is 63.2 Å². The van der Waals surface area contributed by atoms with Gasteiger partial charge in [0.05, 0.1) is 14.4 Å². The van der Waals surface area contributed by atoms with Crippen LogP contribution in [0.3, 0.4) is 0 Å². The molecule has 0 unspecified atom stereocenters. The number of hydrogen-bond acceptors (Lipinski definition) is 1. The van der Waals surface area contributed by atoms with Crippen molar-refractivity contribution in [1.29, 1.82) is 0 Å². The van der Waals surface area contributed by atoms with Crippen LogP contribution < -0.4 is 5.19 Å². The normalized spacial score (nSPS) is 31.3. The van der Waals surface area contributed by atoms with Crippen molar-refractivity contribution >= 4 is 22.3 Å². The number of hydrogen-bond donors (Lipinski definition) is 0. The van der Waals surface area contributed by atoms with Crippen LogP contribution in [0.1, 0.15) is 38.5 Å². The van der Waals surface area contributed by atoms with Crippen molar-refractivity contribution < 1.29 is 4.43 Å². The Kier molecular flexibility index (Phi) is 5.19. The second-order valence-corrected chi connectivity index (χ2v) is 15.7. The third-order valence-corrected chi connectivity index (χ3v) is 9.35. The molecule has 0 aliphatic heterocycles. The van der Waals surface area contributed by atoms with Crippen LogP contribution in [0, 0.1) is 11.8 Å². The summed E-state index contributed by atoms with van der Waals surface area (Å²) in [7, 11) is -1.96. The summed E-state index contributed by atoms with van der Waals surface area (Å²) in [5.74, 6) is 1.65. The molecule has 2 saturated carbocycles. The summed E-state index contributed by atoms with van der Waals surface area (Å²) in [6.07, 6.45) is 8.38. The smallest absolute Gasteiger partial charge is 0.184 e. The Bertz CT molecular complexity index is 510. The third kappa shape index (κ3) is 3.83. The van der Waals surface area contributed by atoms with Gasteiger partial charge in [-0.25, -0.2) is 0 Å². The molecule has 0 N–H and O–H groups in total. The van der Waals surface area contributed by atoms with Crippen LogP contribution in [0.25, 0.3) is 0 Å². The van der Waals surface area contributed by atoms with Crippen LogP contribution in [0.15, 0.2) is 30.3 Å². The van der Waals surface area contributed by atoms with Crippen LogP contribution in [0.2, 0.25) is 32.2 Å². The van der Waals surface area contributed by atoms with Gasteiger partial charge in [-0.1, -0.05) is 54.9 Å². The molecular weight excluding hydrogens is 312 g/mol. The lowest BCUT2D eigenvalue weighted by molar-refractivity contribution is -0.0400. The van der Waals surface area contributed by atoms with Crippen molar-refractivity contribution in [2.75, 3.05) is 0 Å². The van der Waals surface area contributed by atoms with E-state index in [0.29, 0.717) is 0 Å². The lowest BCUT2D eigenvalue weighted by Gasteiger charge is -2.48. The third-order valence-electron chi connectivity index (χ3n) is 5.93. The van der Waals surface area contributed by atoms with E-state index < -0.39 is 17.1 Å². The SMILES string of the molecule is C[Si](C[C@@H]1CC[C@H]2CCCC[C@@]21O[Si](C)(C)C)c1ccccc1. The van der Waals surface area contributed by atoms with E-state index in [9.17, 15) is 0 Å². The van der Waals surface area contributed by atoms with Gasteiger partial charge in [-0.2, -0.15) is 0 Å². The highest BCUT2D eigenvalue weighted by molar-refractivity contribution is 6.72. The van der Waals surface area contributed by atoms with Crippen LogP contribution in [0.5, 0.6) is 0 Å². The number of benzene rings is 1. The quantitative estimate of drug-likeness (QED) is 0.666. The molecule has 3 heteroatoms. The standard InChI is InChI=1S/C20H33OSi2/c1-22(19-11-6-5-7-12-19)16-18-14-13-17-10-8-9-15-20(17,18)21-23(2,3)4/h5-7,11-12,17-18H,8-10,13-16H2,1-4H3/t17-,18+,20-/m1/s1. The number of fused-ring (bicyclic) bond motifs is 1. The molecule has 1 aromatic rings. The van der Waals surface area contributed by atoms with E-state index in [0.717, 1.165) is 11.8 Å². The van der Waals surface area contributed by atoms with Gasteiger partial charge in [0.2, 0.25) is 0 Å². The summed E-state index contributed by atoms with van der Waals surface area (Å²) in [6.45, 7) is 9.67. The molecule has 3 atom stereocenters. The van der Waals surface area contributed by atoms with Crippen molar-refractivity contribution in [2.24, 2.45) is 11.8 Å². The molecule has 2 aliphatic carbocycles. The second kappa shape index (κ2) is 6.85. The second-order valence-electron chi connectivity index (χ2n) is 8.74. The lowest BCUT2D eigenvalue weighted by Crippen LogP contribution is -2.52. The fraction of sp³-hybridized carbons (Fsp3) is 0.700. The maximum Gasteiger partial charge on any atom is 0.184 e. The first-order valence-corrected chi connectivity index (χ1v) is 15.1. The topological polar surface area (TPSA) is 9.23 Å². The van der Waals surface area contributed by atoms with Gasteiger partial charge in [0.1, 0.15) is 0 Å². The summed E-state index contributed by atoms with van der Waals surface area (Å²) >= 11 is 0. The molecule has 0 aromatic heterocycles. The molecule has 0 bridgehead atoms. The Morgan fingerprint density at radius 3 is 2.52 bits per heavy atom. The minimum Gasteiger partial charge on any atom is -0.412 e. The predicted molar refractivity (Wildman–Crippen MR) is 104 cm³/mol. The van der Waals surface area contributed by atoms with E-state index in [2.05, 4.69) is 56.5 Å². The van der Waals surface area contributed by atoms with Crippen molar-refractivity contribution in [1.82, 2.24) is 0 Å². The molecule has 23 heavy (non-hydrogen) atoms. The van der Waals surface area contributed by atoms with Gasteiger partial charge in [-0.15, -0.1) is 0 Å². The Morgan fingerprint density at radius 1 is 1.09 bits per heavy atom. The van der Waals surface area contributed by atoms with Crippen LogP contribution >= 0.6 is 0 Å². The summed E-state index contributed by atoms with van der Waals surface area (Å²) in [5.41, 5.74) is 0.240. The Labute approximate surface area is 145 Å². The fourth-order valence-electron chi connectivity index (χ4n) is 5.09. The summed E-state index contributed by atoms with van der Waals surface area (Å²) < 4.78 is 6.99. The molecule has 1 radical (unpaired) electrons. The molecular formula is C20H33OSi2. The van der Waals surface area contributed by atoms with E-state index in [1.165, 1.54) is 44.6 Å². The molecule has 0 saturated heterocycles.